The molecule has 7 heteroatoms. The van der Waals surface area contributed by atoms with Gasteiger partial charge in [0.2, 0.25) is 0 Å². The molecule has 1 aromatic carbocycles. The first-order chi connectivity index (χ1) is 9.08. The molecule has 102 valence electrons. The molecular weight excluding hydrogens is 270 g/mol. The van der Waals surface area contributed by atoms with Gasteiger partial charge in [-0.15, -0.1) is 0 Å². The van der Waals surface area contributed by atoms with E-state index >= 15 is 0 Å². The summed E-state index contributed by atoms with van der Waals surface area (Å²) in [6.07, 6.45) is 1.12. The van der Waals surface area contributed by atoms with E-state index in [9.17, 15) is 10.1 Å². The van der Waals surface area contributed by atoms with Crippen LogP contribution in [0, 0.1) is 16.0 Å². The number of nitrogens with two attached hydrogens (primary N) is 1. The molecule has 1 aliphatic heterocycles. The third kappa shape index (κ3) is 2.05. The van der Waals surface area contributed by atoms with Gasteiger partial charge >= 0.3 is 0 Å². The molecule has 2 fully saturated rings. The molecule has 3 rings (SSSR count). The van der Waals surface area contributed by atoms with Crippen LogP contribution in [0.15, 0.2) is 18.2 Å². The summed E-state index contributed by atoms with van der Waals surface area (Å²) in [6.45, 7) is 0.745. The minimum absolute atomic E-state index is 0.0199. The molecule has 1 aromatic rings. The Balaban J connectivity index is 1.75. The Kier molecular flexibility index (Phi) is 3.08. The van der Waals surface area contributed by atoms with E-state index in [0.717, 1.165) is 13.0 Å². The Bertz CT molecular complexity index is 525. The maximum absolute atomic E-state index is 10.6. The van der Waals surface area contributed by atoms with Crippen LogP contribution >= 0.6 is 11.6 Å². The number of benzene rings is 1. The summed E-state index contributed by atoms with van der Waals surface area (Å²) in [7, 11) is 0. The fourth-order valence-electron chi connectivity index (χ4n) is 2.84. The maximum Gasteiger partial charge on any atom is 0.271 e. The van der Waals surface area contributed by atoms with Gasteiger partial charge < -0.3 is 15.8 Å². The zero-order valence-corrected chi connectivity index (χ0v) is 10.8. The highest BCUT2D eigenvalue weighted by Gasteiger charge is 2.52. The first kappa shape index (κ1) is 12.7. The van der Waals surface area contributed by atoms with Gasteiger partial charge in [-0.3, -0.25) is 10.1 Å². The number of hydrogen-bond acceptors (Lipinski definition) is 5. The van der Waals surface area contributed by atoms with Gasteiger partial charge in [-0.05, 0) is 12.5 Å². The second-order valence-corrected chi connectivity index (χ2v) is 5.36. The van der Waals surface area contributed by atoms with Crippen molar-refractivity contribution in [3.8, 4) is 0 Å². The average Bonchev–Trinajstić information content (AvgIpc) is 2.81. The van der Waals surface area contributed by atoms with Gasteiger partial charge in [0.1, 0.15) is 0 Å². The number of anilines is 1. The Morgan fingerprint density at radius 1 is 1.53 bits per heavy atom. The molecule has 0 bridgehead atoms. The number of nitro groups is 1. The fraction of sp³-hybridized carbons (Fsp3) is 0.500. The van der Waals surface area contributed by atoms with Crippen molar-refractivity contribution >= 4 is 23.0 Å². The Morgan fingerprint density at radius 2 is 2.32 bits per heavy atom. The van der Waals surface area contributed by atoms with Crippen molar-refractivity contribution in [3.63, 3.8) is 0 Å². The first-order valence-corrected chi connectivity index (χ1v) is 6.53. The van der Waals surface area contributed by atoms with Crippen LogP contribution in [0.1, 0.15) is 6.42 Å². The van der Waals surface area contributed by atoms with Crippen LogP contribution in [0.2, 0.25) is 5.02 Å². The minimum atomic E-state index is -0.471. The van der Waals surface area contributed by atoms with Gasteiger partial charge in [-0.2, -0.15) is 0 Å². The number of fused-ring (bicyclic) bond motifs is 1. The van der Waals surface area contributed by atoms with E-state index in [-0.39, 0.29) is 23.9 Å². The normalized spacial score (nSPS) is 32.5. The number of nitrogens with one attached hydrogen (secondary N) is 1. The highest BCUT2D eigenvalue weighted by Crippen LogP contribution is 2.40. The third-order valence-electron chi connectivity index (χ3n) is 3.93. The number of halogens is 1. The molecule has 0 radical (unpaired) electrons. The second kappa shape index (κ2) is 4.63. The molecular formula is C12H14ClN3O3. The predicted octanol–water partition coefficient (Wildman–Crippen LogP) is 1.77. The van der Waals surface area contributed by atoms with E-state index in [1.165, 1.54) is 12.1 Å². The van der Waals surface area contributed by atoms with Crippen LogP contribution < -0.4 is 11.1 Å². The van der Waals surface area contributed by atoms with Crippen molar-refractivity contribution in [2.24, 2.45) is 11.7 Å². The lowest BCUT2D eigenvalue weighted by Crippen LogP contribution is -2.65. The quantitative estimate of drug-likeness (QED) is 0.652. The van der Waals surface area contributed by atoms with Gasteiger partial charge in [-0.1, -0.05) is 11.6 Å². The third-order valence-corrected chi connectivity index (χ3v) is 4.24. The lowest BCUT2D eigenvalue weighted by molar-refractivity contribution is -0.384. The molecule has 4 unspecified atom stereocenters. The summed E-state index contributed by atoms with van der Waals surface area (Å²) >= 11 is 6.04. The lowest BCUT2D eigenvalue weighted by Gasteiger charge is -2.46. The number of nitrogens with zero attached hydrogens (tertiary/aromatic N) is 1. The molecule has 2 aliphatic rings. The number of rotatable bonds is 3. The molecule has 1 saturated carbocycles. The molecule has 19 heavy (non-hydrogen) atoms. The summed E-state index contributed by atoms with van der Waals surface area (Å²) in [5.74, 6) is 0.411. The molecule has 0 aromatic heterocycles. The molecule has 1 saturated heterocycles. The Labute approximate surface area is 115 Å². The van der Waals surface area contributed by atoms with Crippen molar-refractivity contribution in [3.05, 3.63) is 33.3 Å². The summed E-state index contributed by atoms with van der Waals surface area (Å²) in [4.78, 5) is 10.2. The van der Waals surface area contributed by atoms with Crippen LogP contribution in [-0.2, 0) is 4.74 Å². The molecule has 3 N–H and O–H groups in total. The highest BCUT2D eigenvalue weighted by molar-refractivity contribution is 6.33. The maximum atomic E-state index is 10.6. The molecule has 0 amide bonds. The first-order valence-electron chi connectivity index (χ1n) is 6.15. The topological polar surface area (TPSA) is 90.4 Å². The lowest BCUT2D eigenvalue weighted by atomic mass is 9.72. The van der Waals surface area contributed by atoms with Crippen LogP contribution in [0.5, 0.6) is 0 Å². The Morgan fingerprint density at radius 3 is 3.00 bits per heavy atom. The summed E-state index contributed by atoms with van der Waals surface area (Å²) in [5, 5.41) is 14.2. The van der Waals surface area contributed by atoms with Crippen molar-refractivity contribution in [2.45, 2.75) is 24.6 Å². The second-order valence-electron chi connectivity index (χ2n) is 4.96. The number of hydrogen-bond donors (Lipinski definition) is 2. The molecule has 1 heterocycles. The van der Waals surface area contributed by atoms with Gasteiger partial charge in [-0.25, -0.2) is 0 Å². The molecule has 6 nitrogen and oxygen atoms in total. The number of nitro benzene ring substituents is 1. The highest BCUT2D eigenvalue weighted by atomic mass is 35.5. The van der Waals surface area contributed by atoms with Crippen molar-refractivity contribution in [1.29, 1.82) is 0 Å². The van der Waals surface area contributed by atoms with E-state index in [2.05, 4.69) is 5.32 Å². The minimum Gasteiger partial charge on any atom is -0.377 e. The van der Waals surface area contributed by atoms with Crippen molar-refractivity contribution < 1.29 is 9.66 Å². The fourth-order valence-corrected chi connectivity index (χ4v) is 3.07. The van der Waals surface area contributed by atoms with Crippen molar-refractivity contribution in [2.75, 3.05) is 11.9 Å². The van der Waals surface area contributed by atoms with E-state index in [4.69, 9.17) is 22.1 Å². The largest absolute Gasteiger partial charge is 0.377 e. The Hall–Kier alpha value is -1.37. The van der Waals surface area contributed by atoms with Crippen molar-refractivity contribution in [1.82, 2.24) is 0 Å². The van der Waals surface area contributed by atoms with Crippen LogP contribution in [0.3, 0.4) is 0 Å². The molecule has 1 aliphatic carbocycles. The van der Waals surface area contributed by atoms with Gasteiger partial charge in [0.25, 0.3) is 5.69 Å². The van der Waals surface area contributed by atoms with E-state index in [0.29, 0.717) is 16.6 Å². The molecule has 0 spiro atoms. The standard InChI is InChI=1S/C12H14ClN3O3/c13-8-5-6(16(17)18)1-2-9(8)15-11-10(14)7-3-4-19-12(7)11/h1-2,5,7,10-12,15H,3-4,14H2. The van der Waals surface area contributed by atoms with Gasteiger partial charge in [0.05, 0.1) is 27.8 Å². The predicted molar refractivity (Wildman–Crippen MR) is 71.3 cm³/mol. The smallest absolute Gasteiger partial charge is 0.271 e. The van der Waals surface area contributed by atoms with E-state index in [1.54, 1.807) is 6.07 Å². The average molecular weight is 284 g/mol. The monoisotopic (exact) mass is 283 g/mol. The van der Waals surface area contributed by atoms with Gasteiger partial charge in [0, 0.05) is 30.7 Å². The number of ether oxygens (including phenoxy) is 1. The van der Waals surface area contributed by atoms with Crippen LogP contribution in [0.4, 0.5) is 11.4 Å². The zero-order valence-electron chi connectivity index (χ0n) is 10.1. The molecule has 4 atom stereocenters. The summed E-state index contributed by atoms with van der Waals surface area (Å²) in [6, 6.07) is 4.42. The van der Waals surface area contributed by atoms with E-state index in [1.807, 2.05) is 0 Å². The van der Waals surface area contributed by atoms with Crippen LogP contribution in [-0.4, -0.2) is 29.7 Å². The van der Waals surface area contributed by atoms with Gasteiger partial charge in [0.15, 0.2) is 0 Å². The zero-order chi connectivity index (χ0) is 13.6. The number of non-ortho nitro benzene ring substituents is 1. The summed E-state index contributed by atoms with van der Waals surface area (Å²) < 4.78 is 5.62. The SMILES string of the molecule is NC1C2CCOC2C1Nc1ccc([N+](=O)[O-])cc1Cl. The van der Waals surface area contributed by atoms with Crippen LogP contribution in [0.25, 0.3) is 0 Å². The van der Waals surface area contributed by atoms with E-state index < -0.39 is 4.92 Å². The summed E-state index contributed by atoms with van der Waals surface area (Å²) in [5.41, 5.74) is 6.72.